The topological polar surface area (TPSA) is 99.0 Å². The van der Waals surface area contributed by atoms with Crippen LogP contribution in [0.5, 0.6) is 0 Å². The van der Waals surface area contributed by atoms with Crippen molar-refractivity contribution in [3.8, 4) is 6.07 Å². The largest absolute Gasteiger partial charge is 0.442 e. The first kappa shape index (κ1) is 29.4. The van der Waals surface area contributed by atoms with Crippen LogP contribution >= 0.6 is 0 Å². The van der Waals surface area contributed by atoms with E-state index in [0.717, 1.165) is 83.5 Å². The molecule has 5 aliphatic rings. The van der Waals surface area contributed by atoms with E-state index in [1.54, 1.807) is 6.07 Å². The molecule has 0 aromatic carbocycles. The normalized spacial score (nSPS) is 30.1. The summed E-state index contributed by atoms with van der Waals surface area (Å²) in [5.74, 6) is 2.27. The predicted molar refractivity (Wildman–Crippen MR) is 158 cm³/mol. The molecule has 1 spiro atoms. The summed E-state index contributed by atoms with van der Waals surface area (Å²) in [5, 5.41) is 9.22. The molecule has 9 nitrogen and oxygen atoms in total. The molecule has 9 heteroatoms. The van der Waals surface area contributed by atoms with Gasteiger partial charge in [-0.1, -0.05) is 19.8 Å². The lowest BCUT2D eigenvalue weighted by atomic mass is 9.74. The Kier molecular flexibility index (Phi) is 7.99. The molecule has 6 rings (SSSR count). The molecule has 4 aliphatic heterocycles. The van der Waals surface area contributed by atoms with E-state index in [0.29, 0.717) is 53.7 Å². The predicted octanol–water partition coefficient (Wildman–Crippen LogP) is 4.55. The van der Waals surface area contributed by atoms with Crippen LogP contribution in [-0.4, -0.2) is 95.3 Å². The Labute approximate surface area is 250 Å². The second kappa shape index (κ2) is 11.4. The maximum absolute atomic E-state index is 13.5. The fourth-order valence-electron chi connectivity index (χ4n) is 8.48. The number of piperidine rings is 2. The van der Waals surface area contributed by atoms with E-state index in [2.05, 4.69) is 29.8 Å². The van der Waals surface area contributed by atoms with Crippen LogP contribution in [0, 0.1) is 48.9 Å². The first-order valence-corrected chi connectivity index (χ1v) is 16.2. The molecule has 228 valence electrons. The minimum Gasteiger partial charge on any atom is -0.442 e. The van der Waals surface area contributed by atoms with Crippen molar-refractivity contribution in [3.05, 3.63) is 28.6 Å². The highest BCUT2D eigenvalue weighted by atomic mass is 16.6. The lowest BCUT2D eigenvalue weighted by Crippen LogP contribution is -2.63. The Morgan fingerprint density at radius 1 is 1.12 bits per heavy atom. The van der Waals surface area contributed by atoms with Crippen molar-refractivity contribution in [3.63, 3.8) is 0 Å². The number of hydrogen-bond donors (Lipinski definition) is 0. The van der Waals surface area contributed by atoms with Crippen LogP contribution in [-0.2, 0) is 9.47 Å². The number of nitrogens with zero attached hydrogens (tertiary/aromatic N) is 5. The van der Waals surface area contributed by atoms with Crippen molar-refractivity contribution < 1.29 is 19.1 Å². The van der Waals surface area contributed by atoms with Crippen molar-refractivity contribution in [2.45, 2.75) is 83.8 Å². The highest BCUT2D eigenvalue weighted by Gasteiger charge is 2.57. The molecule has 2 amide bonds. The number of amides is 2. The third-order valence-electron chi connectivity index (χ3n) is 11.4. The molecule has 0 N–H and O–H groups in total. The smallest absolute Gasteiger partial charge is 0.410 e. The van der Waals surface area contributed by atoms with Gasteiger partial charge < -0.3 is 19.3 Å². The molecule has 5 fully saturated rings. The summed E-state index contributed by atoms with van der Waals surface area (Å²) < 4.78 is 12.0. The van der Waals surface area contributed by atoms with Crippen LogP contribution in [0.1, 0.15) is 86.1 Å². The monoisotopic (exact) mass is 577 g/mol. The summed E-state index contributed by atoms with van der Waals surface area (Å²) in [5.41, 5.74) is 2.07. The van der Waals surface area contributed by atoms with Crippen LogP contribution in [0.25, 0.3) is 0 Å². The summed E-state index contributed by atoms with van der Waals surface area (Å²) in [7, 11) is 0. The summed E-state index contributed by atoms with van der Waals surface area (Å²) in [6.07, 6.45) is 6.91. The summed E-state index contributed by atoms with van der Waals surface area (Å²) in [6.45, 7) is 14.9. The van der Waals surface area contributed by atoms with E-state index >= 15 is 0 Å². The van der Waals surface area contributed by atoms with E-state index in [1.165, 1.54) is 6.42 Å². The van der Waals surface area contributed by atoms with Gasteiger partial charge in [0.25, 0.3) is 5.91 Å². The first-order valence-electron chi connectivity index (χ1n) is 16.2. The van der Waals surface area contributed by atoms with Gasteiger partial charge in [-0.2, -0.15) is 5.26 Å². The van der Waals surface area contributed by atoms with Crippen LogP contribution < -0.4 is 0 Å². The van der Waals surface area contributed by atoms with Gasteiger partial charge in [-0.3, -0.25) is 9.69 Å². The minimum atomic E-state index is -0.355. The standard InChI is InChI=1S/C33H47N5O4/c1-5-6-7-24-18-37(19-26-27-20-41-21-28(26)27)31(40)42-33(24)10-14-38(15-11-33)32(4)8-12-36(13-9-32)30(39)29-22(2)16-25(17-34)35-23(29)3/h16,24,26-28H,5-15,18-21H2,1-4H3. The van der Waals surface area contributed by atoms with Crippen molar-refractivity contribution >= 4 is 12.0 Å². The Morgan fingerprint density at radius 2 is 1.81 bits per heavy atom. The molecular weight excluding hydrogens is 530 g/mol. The van der Waals surface area contributed by atoms with Gasteiger partial charge >= 0.3 is 6.09 Å². The van der Waals surface area contributed by atoms with Gasteiger partial charge in [0.1, 0.15) is 17.4 Å². The van der Waals surface area contributed by atoms with Gasteiger partial charge in [-0.25, -0.2) is 9.78 Å². The molecule has 42 heavy (non-hydrogen) atoms. The van der Waals surface area contributed by atoms with E-state index in [1.807, 2.05) is 23.6 Å². The number of carbonyl (C=O) groups is 2. The molecule has 5 heterocycles. The van der Waals surface area contributed by atoms with Gasteiger partial charge in [0.15, 0.2) is 0 Å². The summed E-state index contributed by atoms with van der Waals surface area (Å²) in [4.78, 5) is 37.7. The van der Waals surface area contributed by atoms with E-state index in [-0.39, 0.29) is 23.1 Å². The summed E-state index contributed by atoms with van der Waals surface area (Å²) >= 11 is 0. The van der Waals surface area contributed by atoms with Gasteiger partial charge in [0.2, 0.25) is 0 Å². The molecule has 0 radical (unpaired) electrons. The van der Waals surface area contributed by atoms with Gasteiger partial charge in [0, 0.05) is 63.6 Å². The number of unbranched alkanes of at least 4 members (excludes halogenated alkanes) is 1. The number of carbonyl (C=O) groups excluding carboxylic acids is 2. The molecule has 1 aromatic heterocycles. The second-order valence-corrected chi connectivity index (χ2v) is 13.9. The molecular formula is C33H47N5O4. The SMILES string of the molecule is CCCCC1CN(CC2C3COCC32)C(=O)OC12CCN(C1(C)CCN(C(=O)c3c(C)cc(C#N)nc3C)CC1)CC2. The average Bonchev–Trinajstić information content (AvgIpc) is 3.37. The number of aryl methyl sites for hydroxylation is 2. The molecule has 3 atom stereocenters. The van der Waals surface area contributed by atoms with Crippen LogP contribution in [0.15, 0.2) is 6.07 Å². The molecule has 1 saturated carbocycles. The van der Waals surface area contributed by atoms with Crippen molar-refractivity contribution in [2.24, 2.45) is 23.7 Å². The van der Waals surface area contributed by atoms with E-state index in [4.69, 9.17) is 9.47 Å². The number of nitriles is 1. The summed E-state index contributed by atoms with van der Waals surface area (Å²) in [6, 6.07) is 3.78. The first-order chi connectivity index (χ1) is 20.2. The quantitative estimate of drug-likeness (QED) is 0.469. The van der Waals surface area contributed by atoms with Crippen molar-refractivity contribution in [1.29, 1.82) is 5.26 Å². The highest BCUT2D eigenvalue weighted by molar-refractivity contribution is 5.96. The maximum Gasteiger partial charge on any atom is 0.410 e. The van der Waals surface area contributed by atoms with Gasteiger partial charge in [-0.05, 0) is 69.4 Å². The molecule has 3 unspecified atom stereocenters. The number of ether oxygens (including phenoxy) is 2. The maximum atomic E-state index is 13.5. The van der Waals surface area contributed by atoms with E-state index in [9.17, 15) is 14.9 Å². The van der Waals surface area contributed by atoms with Crippen LogP contribution in [0.2, 0.25) is 0 Å². The van der Waals surface area contributed by atoms with Crippen LogP contribution in [0.3, 0.4) is 0 Å². The second-order valence-electron chi connectivity index (χ2n) is 13.9. The number of rotatable bonds is 7. The van der Waals surface area contributed by atoms with Crippen LogP contribution in [0.4, 0.5) is 4.79 Å². The Morgan fingerprint density at radius 3 is 2.43 bits per heavy atom. The number of fused-ring (bicyclic) bond motifs is 1. The molecule has 1 aliphatic carbocycles. The third-order valence-corrected chi connectivity index (χ3v) is 11.4. The van der Waals surface area contributed by atoms with Crippen molar-refractivity contribution in [2.75, 3.05) is 52.5 Å². The fourth-order valence-corrected chi connectivity index (χ4v) is 8.48. The Balaban J connectivity index is 1.07. The molecule has 4 saturated heterocycles. The third kappa shape index (κ3) is 5.30. The fraction of sp³-hybridized carbons (Fsp3) is 0.758. The van der Waals surface area contributed by atoms with Gasteiger partial charge in [0.05, 0.1) is 24.5 Å². The lowest BCUT2D eigenvalue weighted by molar-refractivity contribution is -0.133. The lowest BCUT2D eigenvalue weighted by Gasteiger charge is -2.55. The Hall–Kier alpha value is -2.70. The zero-order valence-corrected chi connectivity index (χ0v) is 25.9. The van der Waals surface area contributed by atoms with Crippen molar-refractivity contribution in [1.82, 2.24) is 19.7 Å². The number of hydrogen-bond acceptors (Lipinski definition) is 7. The minimum absolute atomic E-state index is 0.0147. The Bertz CT molecular complexity index is 1210. The number of pyridine rings is 1. The number of aromatic nitrogens is 1. The zero-order chi connectivity index (χ0) is 29.6. The highest BCUT2D eigenvalue weighted by Crippen LogP contribution is 2.52. The average molecular weight is 578 g/mol. The van der Waals surface area contributed by atoms with E-state index < -0.39 is 0 Å². The molecule has 0 bridgehead atoms. The zero-order valence-electron chi connectivity index (χ0n) is 25.9. The number of likely N-dealkylation sites (tertiary alicyclic amines) is 2. The molecule has 1 aromatic rings. The van der Waals surface area contributed by atoms with Gasteiger partial charge in [-0.15, -0.1) is 0 Å².